The van der Waals surface area contributed by atoms with E-state index in [1.165, 1.54) is 0 Å². The number of aromatic nitrogens is 2. The first-order chi connectivity index (χ1) is 8.86. The standard InChI is InChI=1S/C14H18ClN3O/c1-14(2,3)13-16-11(15)7-12(17-13)18(4)8-10-5-6-19-9-10/h5-7,9H,8H2,1-4H3. The highest BCUT2D eigenvalue weighted by Crippen LogP contribution is 2.24. The second-order valence-corrected chi connectivity index (χ2v) is 6.00. The van der Waals surface area contributed by atoms with Crippen molar-refractivity contribution in [3.63, 3.8) is 0 Å². The third kappa shape index (κ3) is 3.47. The number of nitrogens with zero attached hydrogens (tertiary/aromatic N) is 3. The van der Waals surface area contributed by atoms with Gasteiger partial charge in [0, 0.05) is 30.6 Å². The van der Waals surface area contributed by atoms with Crippen LogP contribution < -0.4 is 4.90 Å². The molecule has 2 rings (SSSR count). The Bertz CT molecular complexity index is 546. The minimum absolute atomic E-state index is 0.129. The number of halogens is 1. The molecule has 19 heavy (non-hydrogen) atoms. The van der Waals surface area contributed by atoms with Gasteiger partial charge >= 0.3 is 0 Å². The maximum Gasteiger partial charge on any atom is 0.137 e. The van der Waals surface area contributed by atoms with Crippen LogP contribution in [0.25, 0.3) is 0 Å². The van der Waals surface area contributed by atoms with Crippen LogP contribution in [0.2, 0.25) is 5.15 Å². The number of hydrogen-bond acceptors (Lipinski definition) is 4. The second kappa shape index (κ2) is 5.21. The third-order valence-electron chi connectivity index (χ3n) is 2.74. The van der Waals surface area contributed by atoms with E-state index in [9.17, 15) is 0 Å². The third-order valence-corrected chi connectivity index (χ3v) is 2.94. The van der Waals surface area contributed by atoms with Crippen molar-refractivity contribution >= 4 is 17.4 Å². The van der Waals surface area contributed by atoms with E-state index in [2.05, 4.69) is 30.7 Å². The Kier molecular flexibility index (Phi) is 3.80. The van der Waals surface area contributed by atoms with Gasteiger partial charge in [0.25, 0.3) is 0 Å². The van der Waals surface area contributed by atoms with E-state index in [1.807, 2.05) is 18.0 Å². The Morgan fingerprint density at radius 3 is 2.63 bits per heavy atom. The summed E-state index contributed by atoms with van der Waals surface area (Å²) in [5.74, 6) is 1.56. The molecule has 102 valence electrons. The van der Waals surface area contributed by atoms with Crippen molar-refractivity contribution in [3.05, 3.63) is 41.2 Å². The molecule has 4 nitrogen and oxygen atoms in total. The van der Waals surface area contributed by atoms with Gasteiger partial charge in [0.15, 0.2) is 0 Å². The molecule has 0 fully saturated rings. The van der Waals surface area contributed by atoms with Gasteiger partial charge < -0.3 is 9.32 Å². The Hall–Kier alpha value is -1.55. The molecule has 0 saturated carbocycles. The highest BCUT2D eigenvalue weighted by molar-refractivity contribution is 6.29. The Morgan fingerprint density at radius 1 is 1.32 bits per heavy atom. The molecule has 0 aliphatic heterocycles. The van der Waals surface area contributed by atoms with E-state index in [1.54, 1.807) is 18.6 Å². The fourth-order valence-corrected chi connectivity index (χ4v) is 1.85. The lowest BCUT2D eigenvalue weighted by Crippen LogP contribution is -2.22. The van der Waals surface area contributed by atoms with Gasteiger partial charge in [-0.05, 0) is 6.07 Å². The number of anilines is 1. The quantitative estimate of drug-likeness (QED) is 0.804. The predicted molar refractivity (Wildman–Crippen MR) is 76.6 cm³/mol. The van der Waals surface area contributed by atoms with E-state index < -0.39 is 0 Å². The molecular formula is C14H18ClN3O. The lowest BCUT2D eigenvalue weighted by Gasteiger charge is -2.22. The smallest absolute Gasteiger partial charge is 0.137 e. The number of rotatable bonds is 3. The first-order valence-corrected chi connectivity index (χ1v) is 6.51. The van der Waals surface area contributed by atoms with Gasteiger partial charge in [0.2, 0.25) is 0 Å². The van der Waals surface area contributed by atoms with E-state index in [0.29, 0.717) is 11.7 Å². The van der Waals surface area contributed by atoms with Gasteiger partial charge in [0.05, 0.1) is 12.5 Å². The van der Waals surface area contributed by atoms with Crippen LogP contribution in [0.15, 0.2) is 29.1 Å². The molecule has 0 aliphatic carbocycles. The van der Waals surface area contributed by atoms with Crippen LogP contribution in [-0.2, 0) is 12.0 Å². The van der Waals surface area contributed by atoms with Crippen LogP contribution in [0.5, 0.6) is 0 Å². The number of furan rings is 1. The van der Waals surface area contributed by atoms with Gasteiger partial charge in [-0.15, -0.1) is 0 Å². The molecule has 0 unspecified atom stereocenters. The fourth-order valence-electron chi connectivity index (χ4n) is 1.67. The van der Waals surface area contributed by atoms with Crippen molar-refractivity contribution in [2.24, 2.45) is 0 Å². The van der Waals surface area contributed by atoms with E-state index in [4.69, 9.17) is 16.0 Å². The Morgan fingerprint density at radius 2 is 2.05 bits per heavy atom. The average molecular weight is 280 g/mol. The lowest BCUT2D eigenvalue weighted by atomic mass is 9.96. The average Bonchev–Trinajstić information content (AvgIpc) is 2.79. The summed E-state index contributed by atoms with van der Waals surface area (Å²) in [4.78, 5) is 10.9. The zero-order valence-corrected chi connectivity index (χ0v) is 12.4. The second-order valence-electron chi connectivity index (χ2n) is 5.61. The molecule has 0 spiro atoms. The largest absolute Gasteiger partial charge is 0.472 e. The zero-order chi connectivity index (χ0) is 14.0. The van der Waals surface area contributed by atoms with Crippen LogP contribution in [0.3, 0.4) is 0 Å². The predicted octanol–water partition coefficient (Wildman–Crippen LogP) is 3.66. The SMILES string of the molecule is CN(Cc1ccoc1)c1cc(Cl)nc(C(C)(C)C)n1. The normalized spacial score (nSPS) is 11.6. The van der Waals surface area contributed by atoms with Crippen LogP contribution in [0, 0.1) is 0 Å². The topological polar surface area (TPSA) is 42.2 Å². The fraction of sp³-hybridized carbons (Fsp3) is 0.429. The first-order valence-electron chi connectivity index (χ1n) is 6.13. The monoisotopic (exact) mass is 279 g/mol. The molecule has 0 aliphatic rings. The summed E-state index contributed by atoms with van der Waals surface area (Å²) in [6.45, 7) is 6.92. The van der Waals surface area contributed by atoms with E-state index in [-0.39, 0.29) is 5.41 Å². The van der Waals surface area contributed by atoms with Crippen LogP contribution in [-0.4, -0.2) is 17.0 Å². The molecule has 0 bridgehead atoms. The van der Waals surface area contributed by atoms with Crippen LogP contribution in [0.4, 0.5) is 5.82 Å². The van der Waals surface area contributed by atoms with Crippen molar-refractivity contribution < 1.29 is 4.42 Å². The molecule has 0 atom stereocenters. The maximum atomic E-state index is 6.09. The molecule has 2 aromatic heterocycles. The summed E-state index contributed by atoms with van der Waals surface area (Å²) in [6, 6.07) is 3.71. The van der Waals surface area contributed by atoms with Crippen molar-refractivity contribution in [1.82, 2.24) is 9.97 Å². The first kappa shape index (κ1) is 13.9. The summed E-state index contributed by atoms with van der Waals surface area (Å²) < 4.78 is 5.07. The summed E-state index contributed by atoms with van der Waals surface area (Å²) in [5.41, 5.74) is 0.963. The van der Waals surface area contributed by atoms with Gasteiger partial charge in [-0.25, -0.2) is 9.97 Å². The molecule has 0 saturated heterocycles. The molecule has 0 N–H and O–H groups in total. The minimum Gasteiger partial charge on any atom is -0.472 e. The summed E-state index contributed by atoms with van der Waals surface area (Å²) in [6.07, 6.45) is 3.39. The van der Waals surface area contributed by atoms with E-state index in [0.717, 1.165) is 17.2 Å². The number of hydrogen-bond donors (Lipinski definition) is 0. The molecule has 0 aromatic carbocycles. The zero-order valence-electron chi connectivity index (χ0n) is 11.6. The molecular weight excluding hydrogens is 262 g/mol. The van der Waals surface area contributed by atoms with Crippen LogP contribution >= 0.6 is 11.6 Å². The molecule has 0 amide bonds. The van der Waals surface area contributed by atoms with Crippen molar-refractivity contribution in [2.75, 3.05) is 11.9 Å². The lowest BCUT2D eigenvalue weighted by molar-refractivity contribution is 0.544. The van der Waals surface area contributed by atoms with Gasteiger partial charge in [-0.2, -0.15) is 0 Å². The molecule has 0 radical (unpaired) electrons. The van der Waals surface area contributed by atoms with Crippen molar-refractivity contribution in [2.45, 2.75) is 32.7 Å². The van der Waals surface area contributed by atoms with E-state index >= 15 is 0 Å². The Balaban J connectivity index is 2.26. The Labute approximate surface area is 118 Å². The summed E-state index contributed by atoms with van der Waals surface area (Å²) in [7, 11) is 1.97. The van der Waals surface area contributed by atoms with Crippen LogP contribution in [0.1, 0.15) is 32.2 Å². The minimum atomic E-state index is -0.129. The van der Waals surface area contributed by atoms with Crippen molar-refractivity contribution in [1.29, 1.82) is 0 Å². The van der Waals surface area contributed by atoms with Crippen molar-refractivity contribution in [3.8, 4) is 0 Å². The summed E-state index contributed by atoms with van der Waals surface area (Å²) in [5, 5.41) is 0.467. The maximum absolute atomic E-state index is 6.09. The van der Waals surface area contributed by atoms with Gasteiger partial charge in [-0.3, -0.25) is 0 Å². The molecule has 2 heterocycles. The highest BCUT2D eigenvalue weighted by atomic mass is 35.5. The highest BCUT2D eigenvalue weighted by Gasteiger charge is 2.19. The molecule has 2 aromatic rings. The van der Waals surface area contributed by atoms with Gasteiger partial charge in [0.1, 0.15) is 16.8 Å². The molecule has 5 heteroatoms. The summed E-state index contributed by atoms with van der Waals surface area (Å²) >= 11 is 6.09. The van der Waals surface area contributed by atoms with Gasteiger partial charge in [-0.1, -0.05) is 32.4 Å².